The van der Waals surface area contributed by atoms with Crippen molar-refractivity contribution in [3.05, 3.63) is 77.4 Å². The first-order valence-corrected chi connectivity index (χ1v) is 10.6. The van der Waals surface area contributed by atoms with E-state index < -0.39 is 9.84 Å². The smallest absolute Gasteiger partial charge is 0.175 e. The lowest BCUT2D eigenvalue weighted by atomic mass is 9.70. The van der Waals surface area contributed by atoms with Crippen molar-refractivity contribution in [2.45, 2.75) is 24.2 Å². The molecule has 3 nitrogen and oxygen atoms in total. The molecule has 1 saturated carbocycles. The van der Waals surface area contributed by atoms with E-state index in [1.54, 1.807) is 12.1 Å². The predicted octanol–water partition coefficient (Wildman–Crippen LogP) is 4.61. The van der Waals surface area contributed by atoms with Crippen LogP contribution in [-0.2, 0) is 9.84 Å². The quantitative estimate of drug-likeness (QED) is 0.802. The average molecular weight is 361 g/mol. The van der Waals surface area contributed by atoms with Crippen LogP contribution in [0, 0.1) is 16.7 Å². The molecule has 0 aromatic heterocycles. The minimum Gasteiger partial charge on any atom is -0.224 e. The van der Waals surface area contributed by atoms with E-state index in [0.717, 1.165) is 29.5 Å². The number of hydrogen-bond acceptors (Lipinski definition) is 3. The lowest BCUT2D eigenvalue weighted by Gasteiger charge is -2.34. The lowest BCUT2D eigenvalue weighted by Crippen LogP contribution is -2.22. The van der Waals surface area contributed by atoms with Gasteiger partial charge in [-0.25, -0.2) is 8.42 Å². The number of sulfone groups is 1. The van der Waals surface area contributed by atoms with Crippen LogP contribution in [0.2, 0.25) is 0 Å². The summed E-state index contributed by atoms with van der Waals surface area (Å²) in [5.74, 6) is 0. The first kappa shape index (κ1) is 16.8. The Hall–Kier alpha value is -2.64. The highest BCUT2D eigenvalue weighted by molar-refractivity contribution is 7.90. The fourth-order valence-electron chi connectivity index (χ4n) is 3.73. The van der Waals surface area contributed by atoms with E-state index in [2.05, 4.69) is 18.2 Å². The van der Waals surface area contributed by atoms with Gasteiger partial charge in [0.1, 0.15) is 0 Å². The van der Waals surface area contributed by atoms with Crippen molar-refractivity contribution in [2.75, 3.05) is 6.26 Å². The summed E-state index contributed by atoms with van der Waals surface area (Å²) in [7, 11) is -3.20. The molecule has 2 aromatic carbocycles. The summed E-state index contributed by atoms with van der Waals surface area (Å²) in [4.78, 5) is 0.335. The van der Waals surface area contributed by atoms with E-state index >= 15 is 0 Å². The molecule has 4 heteroatoms. The van der Waals surface area contributed by atoms with Gasteiger partial charge in [-0.05, 0) is 59.4 Å². The van der Waals surface area contributed by atoms with Gasteiger partial charge < -0.3 is 0 Å². The second-order valence-electron chi connectivity index (χ2n) is 7.19. The maximum absolute atomic E-state index is 11.7. The molecule has 0 bridgehead atoms. The Bertz CT molecular complexity index is 1060. The number of allylic oxidation sites excluding steroid dienone is 4. The van der Waals surface area contributed by atoms with Gasteiger partial charge in [0.05, 0.1) is 16.5 Å². The van der Waals surface area contributed by atoms with Crippen molar-refractivity contribution in [1.29, 1.82) is 5.26 Å². The Balaban J connectivity index is 1.76. The van der Waals surface area contributed by atoms with Crippen molar-refractivity contribution in [3.8, 4) is 6.07 Å². The molecule has 0 amide bonds. The topological polar surface area (TPSA) is 57.9 Å². The zero-order valence-electron chi connectivity index (χ0n) is 14.6. The molecule has 0 atom stereocenters. The summed E-state index contributed by atoms with van der Waals surface area (Å²) >= 11 is 0. The van der Waals surface area contributed by atoms with Crippen molar-refractivity contribution in [2.24, 2.45) is 5.41 Å². The Kier molecular flexibility index (Phi) is 3.86. The summed E-state index contributed by atoms with van der Waals surface area (Å²) in [5, 5.41) is 9.02. The molecule has 0 saturated heterocycles. The summed E-state index contributed by atoms with van der Waals surface area (Å²) in [5.41, 5.74) is 5.21. The van der Waals surface area contributed by atoms with Crippen molar-refractivity contribution >= 4 is 21.0 Å². The van der Waals surface area contributed by atoms with Gasteiger partial charge in [0.15, 0.2) is 9.84 Å². The van der Waals surface area contributed by atoms with Crippen LogP contribution in [0.15, 0.2) is 65.6 Å². The first-order chi connectivity index (χ1) is 12.4. The molecule has 2 aromatic rings. The molecular formula is C22H19NO2S. The largest absolute Gasteiger partial charge is 0.224 e. The summed E-state index contributed by atoms with van der Waals surface area (Å²) in [6, 6.07) is 16.9. The lowest BCUT2D eigenvalue weighted by molar-refractivity contribution is 0.282. The van der Waals surface area contributed by atoms with Crippen LogP contribution in [0.4, 0.5) is 0 Å². The molecule has 1 fully saturated rings. The Morgan fingerprint density at radius 3 is 1.77 bits per heavy atom. The van der Waals surface area contributed by atoms with E-state index in [4.69, 9.17) is 5.26 Å². The summed E-state index contributed by atoms with van der Waals surface area (Å²) in [6.07, 6.45) is 9.43. The van der Waals surface area contributed by atoms with E-state index in [-0.39, 0.29) is 5.41 Å². The predicted molar refractivity (Wildman–Crippen MR) is 103 cm³/mol. The van der Waals surface area contributed by atoms with Crippen LogP contribution < -0.4 is 0 Å². The monoisotopic (exact) mass is 361 g/mol. The molecule has 0 radical (unpaired) electrons. The molecule has 130 valence electrons. The maximum Gasteiger partial charge on any atom is 0.175 e. The minimum atomic E-state index is -3.20. The first-order valence-electron chi connectivity index (χ1n) is 8.67. The number of rotatable bonds is 3. The fourth-order valence-corrected chi connectivity index (χ4v) is 4.36. The number of benzene rings is 2. The molecule has 0 N–H and O–H groups in total. The van der Waals surface area contributed by atoms with Crippen LogP contribution >= 0.6 is 0 Å². The Morgan fingerprint density at radius 2 is 1.38 bits per heavy atom. The van der Waals surface area contributed by atoms with Crippen molar-refractivity contribution in [1.82, 2.24) is 0 Å². The maximum atomic E-state index is 11.7. The molecule has 26 heavy (non-hydrogen) atoms. The van der Waals surface area contributed by atoms with E-state index in [0.29, 0.717) is 10.5 Å². The number of nitriles is 1. The summed E-state index contributed by atoms with van der Waals surface area (Å²) < 4.78 is 23.4. The van der Waals surface area contributed by atoms with E-state index in [1.807, 2.05) is 36.4 Å². The minimum absolute atomic E-state index is 0.133. The van der Waals surface area contributed by atoms with E-state index in [1.165, 1.54) is 18.2 Å². The highest BCUT2D eigenvalue weighted by Crippen LogP contribution is 2.53. The van der Waals surface area contributed by atoms with Crippen molar-refractivity contribution in [3.63, 3.8) is 0 Å². The second kappa shape index (κ2) is 5.96. The van der Waals surface area contributed by atoms with Crippen LogP contribution in [0.1, 0.15) is 36.0 Å². The molecule has 1 spiro atoms. The third-order valence-electron chi connectivity index (χ3n) is 5.36. The second-order valence-corrected chi connectivity index (χ2v) is 9.20. The van der Waals surface area contributed by atoms with Gasteiger partial charge in [0.2, 0.25) is 0 Å². The van der Waals surface area contributed by atoms with Gasteiger partial charge in [-0.2, -0.15) is 5.26 Å². The van der Waals surface area contributed by atoms with Crippen LogP contribution in [0.25, 0.3) is 11.1 Å². The normalized spacial score (nSPS) is 18.0. The molecule has 0 heterocycles. The average Bonchev–Trinajstić information content (AvgIpc) is 3.03. The molecule has 0 aliphatic heterocycles. The molecule has 2 aliphatic rings. The van der Waals surface area contributed by atoms with Crippen LogP contribution in [0.5, 0.6) is 0 Å². The Morgan fingerprint density at radius 1 is 0.885 bits per heavy atom. The number of nitrogens with zero attached hydrogens (tertiary/aromatic N) is 1. The van der Waals surface area contributed by atoms with Crippen LogP contribution in [-0.4, -0.2) is 14.7 Å². The van der Waals surface area contributed by atoms with Crippen molar-refractivity contribution < 1.29 is 8.42 Å². The molecular weight excluding hydrogens is 342 g/mol. The van der Waals surface area contributed by atoms with Crippen LogP contribution in [0.3, 0.4) is 0 Å². The van der Waals surface area contributed by atoms with E-state index in [9.17, 15) is 8.42 Å². The SMILES string of the molecule is CS(=O)(=O)c1ccc(C2=CC3(C=C2c2ccc(C#N)cc2)CCC3)cc1. The number of hydrogen-bond donors (Lipinski definition) is 0. The standard InChI is InChI=1S/C22H19NO2S/c1-26(24,25)19-9-7-18(8-10-19)21-14-22(11-2-12-22)13-20(21)17-5-3-16(15-23)4-6-17/h3-10,13-14H,2,11-12H2,1H3. The van der Waals surface area contributed by atoms with Gasteiger partial charge in [-0.1, -0.05) is 42.8 Å². The Labute approximate surface area is 154 Å². The third kappa shape index (κ3) is 2.89. The summed E-state index contributed by atoms with van der Waals surface area (Å²) in [6.45, 7) is 0. The molecule has 4 rings (SSSR count). The fraction of sp³-hybridized carbons (Fsp3) is 0.227. The van der Waals surface area contributed by atoms with Gasteiger partial charge in [0.25, 0.3) is 0 Å². The third-order valence-corrected chi connectivity index (χ3v) is 6.49. The zero-order chi connectivity index (χ0) is 18.4. The van der Waals surface area contributed by atoms with Gasteiger partial charge in [-0.15, -0.1) is 0 Å². The highest BCUT2D eigenvalue weighted by Gasteiger charge is 2.38. The van der Waals surface area contributed by atoms with Gasteiger partial charge in [-0.3, -0.25) is 0 Å². The molecule has 2 aliphatic carbocycles. The van der Waals surface area contributed by atoms with Gasteiger partial charge in [0, 0.05) is 11.7 Å². The van der Waals surface area contributed by atoms with Gasteiger partial charge >= 0.3 is 0 Å². The zero-order valence-corrected chi connectivity index (χ0v) is 15.4. The highest BCUT2D eigenvalue weighted by atomic mass is 32.2. The molecule has 0 unspecified atom stereocenters.